The lowest BCUT2D eigenvalue weighted by molar-refractivity contribution is -0.130. The zero-order valence-corrected chi connectivity index (χ0v) is 18.2. The first-order valence-corrected chi connectivity index (χ1v) is 10.1. The Morgan fingerprint density at radius 2 is 1.63 bits per heavy atom. The van der Waals surface area contributed by atoms with E-state index in [9.17, 15) is 9.59 Å². The minimum Gasteiger partial charge on any atom is -0.492 e. The molecule has 2 aromatic rings. The number of carbonyl (C=O) groups is 2. The third kappa shape index (κ3) is 7.40. The molecule has 0 saturated carbocycles. The van der Waals surface area contributed by atoms with Crippen LogP contribution < -0.4 is 14.8 Å². The molecule has 2 rings (SSSR count). The third-order valence-corrected chi connectivity index (χ3v) is 4.64. The maximum absolute atomic E-state index is 12.5. The molecule has 0 aliphatic carbocycles. The van der Waals surface area contributed by atoms with Gasteiger partial charge < -0.3 is 24.6 Å². The number of amides is 2. The molecule has 2 aromatic carbocycles. The van der Waals surface area contributed by atoms with Gasteiger partial charge in [-0.3, -0.25) is 9.59 Å². The third-order valence-electron chi connectivity index (χ3n) is 4.64. The highest BCUT2D eigenvalue weighted by Gasteiger charge is 2.10. The minimum atomic E-state index is -0.255. The van der Waals surface area contributed by atoms with Crippen molar-refractivity contribution in [2.45, 2.75) is 13.8 Å². The Labute approximate surface area is 178 Å². The molecule has 0 aliphatic heterocycles. The van der Waals surface area contributed by atoms with Crippen molar-refractivity contribution in [3.05, 3.63) is 54.1 Å². The van der Waals surface area contributed by atoms with Gasteiger partial charge >= 0.3 is 0 Å². The second-order valence-corrected chi connectivity index (χ2v) is 6.96. The Kier molecular flexibility index (Phi) is 9.15. The van der Waals surface area contributed by atoms with Crippen LogP contribution in [0.15, 0.2) is 48.5 Å². The number of benzene rings is 2. The number of ether oxygens (including phenoxy) is 2. The largest absolute Gasteiger partial charge is 0.492 e. The summed E-state index contributed by atoms with van der Waals surface area (Å²) in [6, 6.07) is 14.0. The van der Waals surface area contributed by atoms with Crippen molar-refractivity contribution >= 4 is 17.5 Å². The Balaban J connectivity index is 1.88. The molecule has 0 bridgehead atoms. The second-order valence-electron chi connectivity index (χ2n) is 6.96. The van der Waals surface area contributed by atoms with Gasteiger partial charge in [-0.25, -0.2) is 0 Å². The molecule has 162 valence electrons. The molecular formula is C23H31N3O4. The molecule has 0 unspecified atom stereocenters. The van der Waals surface area contributed by atoms with E-state index in [-0.39, 0.29) is 18.4 Å². The van der Waals surface area contributed by atoms with Gasteiger partial charge in [-0.1, -0.05) is 19.9 Å². The number of hydrogen-bond acceptors (Lipinski definition) is 5. The molecule has 2 amide bonds. The van der Waals surface area contributed by atoms with Crippen LogP contribution in [0.5, 0.6) is 11.5 Å². The van der Waals surface area contributed by atoms with Crippen LogP contribution in [0.1, 0.15) is 24.2 Å². The molecule has 0 atom stereocenters. The standard InChI is InChI=1S/C23H31N3O4/c1-5-26(6-2)14-15-29-20-12-10-19(11-13-20)24-23(28)18-8-7-9-21(16-18)30-17-22(27)25(3)4/h7-13,16H,5-6,14-15,17H2,1-4H3,(H,24,28). The van der Waals surface area contributed by atoms with Gasteiger partial charge in [0.1, 0.15) is 18.1 Å². The van der Waals surface area contributed by atoms with Gasteiger partial charge in [0.15, 0.2) is 6.61 Å². The van der Waals surface area contributed by atoms with Gasteiger partial charge in [-0.2, -0.15) is 0 Å². The van der Waals surface area contributed by atoms with E-state index in [1.807, 2.05) is 12.1 Å². The van der Waals surface area contributed by atoms with Crippen molar-refractivity contribution in [1.29, 1.82) is 0 Å². The van der Waals surface area contributed by atoms with Crippen LogP contribution in [0.4, 0.5) is 5.69 Å². The average molecular weight is 414 g/mol. The van der Waals surface area contributed by atoms with Crippen LogP contribution in [0.3, 0.4) is 0 Å². The highest BCUT2D eigenvalue weighted by atomic mass is 16.5. The summed E-state index contributed by atoms with van der Waals surface area (Å²) >= 11 is 0. The van der Waals surface area contributed by atoms with Crippen molar-refractivity contribution in [3.63, 3.8) is 0 Å². The fourth-order valence-corrected chi connectivity index (χ4v) is 2.67. The molecular weight excluding hydrogens is 382 g/mol. The molecule has 0 aliphatic rings. The van der Waals surface area contributed by atoms with E-state index in [1.54, 1.807) is 50.5 Å². The Hall–Kier alpha value is -3.06. The summed E-state index contributed by atoms with van der Waals surface area (Å²) in [6.07, 6.45) is 0. The number of anilines is 1. The van der Waals surface area contributed by atoms with Crippen molar-refractivity contribution in [3.8, 4) is 11.5 Å². The lowest BCUT2D eigenvalue weighted by atomic mass is 10.2. The minimum absolute atomic E-state index is 0.0756. The van der Waals surface area contributed by atoms with Gasteiger partial charge in [0, 0.05) is 31.9 Å². The Morgan fingerprint density at radius 1 is 0.933 bits per heavy atom. The second kappa shape index (κ2) is 11.8. The van der Waals surface area contributed by atoms with Crippen molar-refractivity contribution in [1.82, 2.24) is 9.80 Å². The summed E-state index contributed by atoms with van der Waals surface area (Å²) in [5.41, 5.74) is 1.12. The normalized spacial score (nSPS) is 10.6. The van der Waals surface area contributed by atoms with E-state index in [0.29, 0.717) is 23.6 Å². The molecule has 30 heavy (non-hydrogen) atoms. The summed E-state index contributed by atoms with van der Waals surface area (Å²) in [6.45, 7) is 7.69. The smallest absolute Gasteiger partial charge is 0.259 e. The Morgan fingerprint density at radius 3 is 2.27 bits per heavy atom. The van der Waals surface area contributed by atoms with E-state index in [0.717, 1.165) is 25.4 Å². The number of likely N-dealkylation sites (N-methyl/N-ethyl adjacent to an activating group) is 2. The van der Waals surface area contributed by atoms with Gasteiger partial charge in [0.2, 0.25) is 0 Å². The summed E-state index contributed by atoms with van der Waals surface area (Å²) in [5, 5.41) is 2.85. The topological polar surface area (TPSA) is 71.1 Å². The molecule has 0 aromatic heterocycles. The van der Waals surface area contributed by atoms with Crippen LogP contribution in [-0.2, 0) is 4.79 Å². The Bertz CT molecular complexity index is 817. The fourth-order valence-electron chi connectivity index (χ4n) is 2.67. The molecule has 7 nitrogen and oxygen atoms in total. The molecule has 7 heteroatoms. The van der Waals surface area contributed by atoms with Crippen LogP contribution in [0.2, 0.25) is 0 Å². The van der Waals surface area contributed by atoms with E-state index in [2.05, 4.69) is 24.1 Å². The van der Waals surface area contributed by atoms with Crippen molar-refractivity contribution in [2.75, 3.05) is 52.3 Å². The molecule has 1 N–H and O–H groups in total. The molecule has 0 saturated heterocycles. The van der Waals surface area contributed by atoms with Crippen LogP contribution in [-0.4, -0.2) is 68.6 Å². The van der Waals surface area contributed by atoms with Crippen molar-refractivity contribution < 1.29 is 19.1 Å². The first-order chi connectivity index (χ1) is 14.4. The van der Waals surface area contributed by atoms with Crippen LogP contribution in [0, 0.1) is 0 Å². The van der Waals surface area contributed by atoms with Crippen LogP contribution >= 0.6 is 0 Å². The fraction of sp³-hybridized carbons (Fsp3) is 0.391. The number of nitrogens with zero attached hydrogens (tertiary/aromatic N) is 2. The van der Waals surface area contributed by atoms with Gasteiger partial charge in [-0.05, 0) is 55.6 Å². The maximum Gasteiger partial charge on any atom is 0.259 e. The number of carbonyl (C=O) groups excluding carboxylic acids is 2. The molecule has 0 radical (unpaired) electrons. The predicted molar refractivity (Wildman–Crippen MR) is 118 cm³/mol. The van der Waals surface area contributed by atoms with Gasteiger partial charge in [0.05, 0.1) is 0 Å². The van der Waals surface area contributed by atoms with Gasteiger partial charge in [0.25, 0.3) is 11.8 Å². The zero-order valence-electron chi connectivity index (χ0n) is 18.2. The number of rotatable bonds is 11. The highest BCUT2D eigenvalue weighted by molar-refractivity contribution is 6.04. The quantitative estimate of drug-likeness (QED) is 0.613. The molecule has 0 heterocycles. The van der Waals surface area contributed by atoms with Crippen molar-refractivity contribution in [2.24, 2.45) is 0 Å². The first kappa shape index (κ1) is 23.2. The molecule has 0 fully saturated rings. The monoisotopic (exact) mass is 413 g/mol. The lowest BCUT2D eigenvalue weighted by Gasteiger charge is -2.18. The van der Waals surface area contributed by atoms with E-state index in [4.69, 9.17) is 9.47 Å². The van der Waals surface area contributed by atoms with E-state index in [1.165, 1.54) is 4.90 Å². The first-order valence-electron chi connectivity index (χ1n) is 10.1. The number of nitrogens with one attached hydrogen (secondary N) is 1. The van der Waals surface area contributed by atoms with E-state index >= 15 is 0 Å². The summed E-state index contributed by atoms with van der Waals surface area (Å²) in [7, 11) is 3.33. The van der Waals surface area contributed by atoms with Crippen LogP contribution in [0.25, 0.3) is 0 Å². The lowest BCUT2D eigenvalue weighted by Crippen LogP contribution is -2.27. The number of hydrogen-bond donors (Lipinski definition) is 1. The summed E-state index contributed by atoms with van der Waals surface area (Å²) < 4.78 is 11.2. The zero-order chi connectivity index (χ0) is 21.9. The highest BCUT2D eigenvalue weighted by Crippen LogP contribution is 2.18. The van der Waals surface area contributed by atoms with E-state index < -0.39 is 0 Å². The summed E-state index contributed by atoms with van der Waals surface area (Å²) in [5.74, 6) is 0.828. The molecule has 0 spiro atoms. The predicted octanol–water partition coefficient (Wildman–Crippen LogP) is 3.13. The SMILES string of the molecule is CCN(CC)CCOc1ccc(NC(=O)c2cccc(OCC(=O)N(C)C)c2)cc1. The maximum atomic E-state index is 12.5. The van der Waals surface area contributed by atoms with Gasteiger partial charge in [-0.15, -0.1) is 0 Å². The average Bonchev–Trinajstić information content (AvgIpc) is 2.76. The summed E-state index contributed by atoms with van der Waals surface area (Å²) in [4.78, 5) is 27.9.